The summed E-state index contributed by atoms with van der Waals surface area (Å²) in [6.45, 7) is 0. The fourth-order valence-corrected chi connectivity index (χ4v) is 3.67. The van der Waals surface area contributed by atoms with Gasteiger partial charge in [0.05, 0.1) is 24.7 Å². The second-order valence-corrected chi connectivity index (χ2v) is 6.62. The van der Waals surface area contributed by atoms with Crippen LogP contribution in [-0.2, 0) is 10.2 Å². The summed E-state index contributed by atoms with van der Waals surface area (Å²) in [6.07, 6.45) is 6.96. The first-order valence-electron chi connectivity index (χ1n) is 8.45. The zero-order valence-electron chi connectivity index (χ0n) is 13.6. The Bertz CT molecular complexity index is 616. The van der Waals surface area contributed by atoms with E-state index in [9.17, 15) is 10.1 Å². The van der Waals surface area contributed by atoms with E-state index in [1.165, 1.54) is 12.8 Å². The molecule has 2 fully saturated rings. The van der Waals surface area contributed by atoms with E-state index in [-0.39, 0.29) is 11.9 Å². The Labute approximate surface area is 137 Å². The van der Waals surface area contributed by atoms with E-state index in [1.807, 2.05) is 18.2 Å². The van der Waals surface area contributed by atoms with E-state index >= 15 is 0 Å². The lowest BCUT2D eigenvalue weighted by Gasteiger charge is -2.31. The largest absolute Gasteiger partial charge is 0.493 e. The van der Waals surface area contributed by atoms with Gasteiger partial charge in [-0.05, 0) is 56.2 Å². The van der Waals surface area contributed by atoms with Gasteiger partial charge < -0.3 is 9.47 Å². The number of nitrogens with zero attached hydrogens (tertiary/aromatic N) is 1. The number of methoxy groups -OCH3 is 1. The molecule has 122 valence electrons. The number of nitriles is 1. The minimum Gasteiger partial charge on any atom is -0.493 e. The first-order chi connectivity index (χ1) is 11.2. The zero-order valence-corrected chi connectivity index (χ0v) is 13.6. The summed E-state index contributed by atoms with van der Waals surface area (Å²) in [6, 6.07) is 8.25. The molecule has 0 spiro atoms. The van der Waals surface area contributed by atoms with Crippen molar-refractivity contribution in [2.24, 2.45) is 0 Å². The molecule has 0 bridgehead atoms. The van der Waals surface area contributed by atoms with Crippen molar-refractivity contribution in [1.82, 2.24) is 0 Å². The van der Waals surface area contributed by atoms with Crippen LogP contribution in [0.2, 0.25) is 0 Å². The highest BCUT2D eigenvalue weighted by atomic mass is 16.5. The molecule has 1 aromatic carbocycles. The van der Waals surface area contributed by atoms with Crippen LogP contribution in [0.1, 0.15) is 56.9 Å². The SMILES string of the molecule is COc1ccc(C2(C#N)CCC(=O)CC2)cc1OC1CCCC1. The van der Waals surface area contributed by atoms with Crippen molar-refractivity contribution in [3.8, 4) is 17.6 Å². The Morgan fingerprint density at radius 1 is 1.17 bits per heavy atom. The summed E-state index contributed by atoms with van der Waals surface area (Å²) in [5.41, 5.74) is 0.370. The van der Waals surface area contributed by atoms with Gasteiger partial charge in [0, 0.05) is 12.8 Å². The van der Waals surface area contributed by atoms with Gasteiger partial charge in [-0.15, -0.1) is 0 Å². The molecule has 1 aromatic rings. The maximum Gasteiger partial charge on any atom is 0.161 e. The Hall–Kier alpha value is -2.02. The third-order valence-corrected chi connectivity index (χ3v) is 5.19. The highest BCUT2D eigenvalue weighted by molar-refractivity contribution is 5.80. The van der Waals surface area contributed by atoms with Crippen molar-refractivity contribution < 1.29 is 14.3 Å². The summed E-state index contributed by atoms with van der Waals surface area (Å²) < 4.78 is 11.6. The molecule has 2 aliphatic carbocycles. The van der Waals surface area contributed by atoms with Gasteiger partial charge in [0.1, 0.15) is 5.78 Å². The fraction of sp³-hybridized carbons (Fsp3) is 0.579. The molecule has 3 rings (SSSR count). The van der Waals surface area contributed by atoms with Crippen molar-refractivity contribution in [3.63, 3.8) is 0 Å². The van der Waals surface area contributed by atoms with Crippen LogP contribution >= 0.6 is 0 Å². The van der Waals surface area contributed by atoms with E-state index in [0.29, 0.717) is 31.4 Å². The number of benzene rings is 1. The molecule has 0 N–H and O–H groups in total. The molecule has 0 radical (unpaired) electrons. The lowest BCUT2D eigenvalue weighted by atomic mass is 9.70. The van der Waals surface area contributed by atoms with Crippen molar-refractivity contribution >= 4 is 5.78 Å². The molecule has 2 aliphatic rings. The first kappa shape index (κ1) is 15.9. The van der Waals surface area contributed by atoms with Gasteiger partial charge in [-0.3, -0.25) is 4.79 Å². The Morgan fingerprint density at radius 2 is 1.87 bits per heavy atom. The molecule has 4 nitrogen and oxygen atoms in total. The number of rotatable bonds is 4. The normalized spacial score (nSPS) is 21.0. The van der Waals surface area contributed by atoms with Crippen LogP contribution in [0.25, 0.3) is 0 Å². The minimum absolute atomic E-state index is 0.241. The molecule has 0 heterocycles. The van der Waals surface area contributed by atoms with Crippen molar-refractivity contribution in [2.45, 2.75) is 62.9 Å². The Balaban J connectivity index is 1.90. The highest BCUT2D eigenvalue weighted by Crippen LogP contribution is 2.41. The number of carbonyl (C=O) groups is 1. The molecule has 0 saturated heterocycles. The number of carbonyl (C=O) groups excluding carboxylic acids is 1. The quantitative estimate of drug-likeness (QED) is 0.845. The standard InChI is InChI=1S/C19H23NO3/c1-22-17-7-6-14(12-18(17)23-16-4-2-3-5-16)19(13-20)10-8-15(21)9-11-19/h6-7,12,16H,2-5,8-11H2,1H3. The van der Waals surface area contributed by atoms with Crippen LogP contribution in [-0.4, -0.2) is 19.0 Å². The molecule has 0 amide bonds. The number of Topliss-reactive ketones (excluding diaryl/α,β-unsaturated/α-hetero) is 1. The van der Waals surface area contributed by atoms with Gasteiger partial charge in [0.25, 0.3) is 0 Å². The van der Waals surface area contributed by atoms with Gasteiger partial charge in [-0.2, -0.15) is 5.26 Å². The predicted octanol–water partition coefficient (Wildman–Crippen LogP) is 3.92. The maximum absolute atomic E-state index is 11.5. The van der Waals surface area contributed by atoms with Crippen molar-refractivity contribution in [1.29, 1.82) is 5.26 Å². The fourth-order valence-electron chi connectivity index (χ4n) is 3.67. The molecule has 0 unspecified atom stereocenters. The van der Waals surface area contributed by atoms with Crippen LogP contribution in [0.15, 0.2) is 18.2 Å². The van der Waals surface area contributed by atoms with Crippen LogP contribution in [0, 0.1) is 11.3 Å². The van der Waals surface area contributed by atoms with Crippen molar-refractivity contribution in [3.05, 3.63) is 23.8 Å². The van der Waals surface area contributed by atoms with E-state index in [1.54, 1.807) is 7.11 Å². The predicted molar refractivity (Wildman–Crippen MR) is 86.6 cm³/mol. The van der Waals surface area contributed by atoms with Crippen LogP contribution in [0.4, 0.5) is 0 Å². The van der Waals surface area contributed by atoms with Crippen LogP contribution < -0.4 is 9.47 Å². The lowest BCUT2D eigenvalue weighted by Crippen LogP contribution is -2.30. The first-order valence-corrected chi connectivity index (χ1v) is 8.45. The van der Waals surface area contributed by atoms with E-state index in [2.05, 4.69) is 6.07 Å². The average Bonchev–Trinajstić information content (AvgIpc) is 3.09. The summed E-state index contributed by atoms with van der Waals surface area (Å²) in [5, 5.41) is 9.75. The molecular weight excluding hydrogens is 290 g/mol. The van der Waals surface area contributed by atoms with Gasteiger partial charge in [-0.25, -0.2) is 0 Å². The van der Waals surface area contributed by atoms with Gasteiger partial charge in [-0.1, -0.05) is 6.07 Å². The molecule has 0 aliphatic heterocycles. The third kappa shape index (κ3) is 3.19. The second kappa shape index (κ2) is 6.62. The molecule has 0 aromatic heterocycles. The van der Waals surface area contributed by atoms with Crippen LogP contribution in [0.3, 0.4) is 0 Å². The highest BCUT2D eigenvalue weighted by Gasteiger charge is 2.37. The maximum atomic E-state index is 11.5. The monoisotopic (exact) mass is 313 g/mol. The van der Waals surface area contributed by atoms with E-state index in [4.69, 9.17) is 9.47 Å². The third-order valence-electron chi connectivity index (χ3n) is 5.19. The zero-order chi connectivity index (χ0) is 16.3. The Morgan fingerprint density at radius 3 is 2.48 bits per heavy atom. The molecule has 4 heteroatoms. The van der Waals surface area contributed by atoms with E-state index in [0.717, 1.165) is 24.2 Å². The summed E-state index contributed by atoms with van der Waals surface area (Å²) in [4.78, 5) is 11.5. The lowest BCUT2D eigenvalue weighted by molar-refractivity contribution is -0.120. The molecular formula is C19H23NO3. The summed E-state index contributed by atoms with van der Waals surface area (Å²) in [5.74, 6) is 1.69. The average molecular weight is 313 g/mol. The number of hydrogen-bond donors (Lipinski definition) is 0. The summed E-state index contributed by atoms with van der Waals surface area (Å²) in [7, 11) is 1.63. The van der Waals surface area contributed by atoms with Gasteiger partial charge in [0.2, 0.25) is 0 Å². The smallest absolute Gasteiger partial charge is 0.161 e. The molecule has 23 heavy (non-hydrogen) atoms. The number of ketones is 1. The van der Waals surface area contributed by atoms with Crippen molar-refractivity contribution in [2.75, 3.05) is 7.11 Å². The second-order valence-electron chi connectivity index (χ2n) is 6.62. The van der Waals surface area contributed by atoms with Crippen LogP contribution in [0.5, 0.6) is 11.5 Å². The molecule has 2 saturated carbocycles. The number of ether oxygens (including phenoxy) is 2. The molecule has 0 atom stereocenters. The van der Waals surface area contributed by atoms with Gasteiger partial charge >= 0.3 is 0 Å². The topological polar surface area (TPSA) is 59.3 Å². The van der Waals surface area contributed by atoms with E-state index < -0.39 is 5.41 Å². The van der Waals surface area contributed by atoms with Gasteiger partial charge in [0.15, 0.2) is 11.5 Å². The number of hydrogen-bond acceptors (Lipinski definition) is 4. The summed E-state index contributed by atoms with van der Waals surface area (Å²) >= 11 is 0. The Kier molecular flexibility index (Phi) is 4.56. The minimum atomic E-state index is -0.575.